The number of nitrogens with one attached hydrogen (secondary N) is 3. The Bertz CT molecular complexity index is 756. The third-order valence-corrected chi connectivity index (χ3v) is 4.77. The fraction of sp³-hybridized carbons (Fsp3) is 0.467. The molecule has 1 aromatic carbocycles. The number of amides is 1. The molecule has 0 saturated heterocycles. The molecule has 0 aliphatic rings. The number of aromatic nitrogens is 2. The van der Waals surface area contributed by atoms with Gasteiger partial charge in [0.25, 0.3) is 0 Å². The maximum Gasteiger partial charge on any atom is 0.221 e. The summed E-state index contributed by atoms with van der Waals surface area (Å²) in [6.07, 6.45) is 3.91. The van der Waals surface area contributed by atoms with Gasteiger partial charge in [-0.2, -0.15) is 11.8 Å². The number of benzene rings is 1. The molecule has 0 fully saturated rings. The van der Waals surface area contributed by atoms with E-state index in [1.54, 1.807) is 11.8 Å². The fourth-order valence-electron chi connectivity index (χ4n) is 2.27. The van der Waals surface area contributed by atoms with Gasteiger partial charge in [-0.1, -0.05) is 12.1 Å². The Balaban J connectivity index is 2.03. The van der Waals surface area contributed by atoms with Gasteiger partial charge in [-0.15, -0.1) is 0 Å². The first-order valence-corrected chi connectivity index (χ1v) is 10.8. The summed E-state index contributed by atoms with van der Waals surface area (Å²) in [6, 6.07) is 7.47. The molecule has 132 valence electrons. The Hall–Kier alpha value is -1.58. The zero-order chi connectivity index (χ0) is 17.6. The number of carbonyl (C=O) groups is 1. The summed E-state index contributed by atoms with van der Waals surface area (Å²) in [4.78, 5) is 19.9. The molecule has 1 atom stereocenters. The van der Waals surface area contributed by atoms with Crippen molar-refractivity contribution in [2.45, 2.75) is 18.9 Å². The number of nitrogens with zero attached hydrogens (tertiary/aromatic N) is 1. The van der Waals surface area contributed by atoms with Gasteiger partial charge in [0, 0.05) is 13.0 Å². The van der Waals surface area contributed by atoms with Crippen molar-refractivity contribution in [3.8, 4) is 0 Å². The van der Waals surface area contributed by atoms with Gasteiger partial charge in [-0.25, -0.2) is 18.1 Å². The summed E-state index contributed by atoms with van der Waals surface area (Å²) < 4.78 is 24.4. The predicted molar refractivity (Wildman–Crippen MR) is 97.4 cm³/mol. The number of aromatic amines is 1. The smallest absolute Gasteiger partial charge is 0.221 e. The van der Waals surface area contributed by atoms with Gasteiger partial charge in [0.05, 0.1) is 23.3 Å². The molecule has 1 amide bonds. The number of H-pyrrole nitrogens is 1. The topological polar surface area (TPSA) is 104 Å². The van der Waals surface area contributed by atoms with Crippen LogP contribution in [0, 0.1) is 0 Å². The monoisotopic (exact) mass is 370 g/mol. The lowest BCUT2D eigenvalue weighted by atomic mass is 10.2. The minimum Gasteiger partial charge on any atom is -0.346 e. The van der Waals surface area contributed by atoms with E-state index in [2.05, 4.69) is 20.0 Å². The molecule has 0 radical (unpaired) electrons. The molecule has 1 aromatic heterocycles. The standard InChI is InChI=1S/C15H22N4O3S2/c1-23-10-8-13(17-14(20)7-9-16-24(2,21)22)15-18-11-5-3-4-6-12(11)19-15/h3-6,13,16H,7-10H2,1-2H3,(H,17,20)(H,18,19)/t13-/m0/s1. The van der Waals surface area contributed by atoms with Crippen molar-refractivity contribution in [3.63, 3.8) is 0 Å². The summed E-state index contributed by atoms with van der Waals surface area (Å²) in [6.45, 7) is 0.0834. The second-order valence-corrected chi connectivity index (χ2v) is 8.28. The second-order valence-electron chi connectivity index (χ2n) is 5.46. The molecule has 9 heteroatoms. The minimum absolute atomic E-state index is 0.0834. The zero-order valence-corrected chi connectivity index (χ0v) is 15.3. The summed E-state index contributed by atoms with van der Waals surface area (Å²) in [5, 5.41) is 2.93. The van der Waals surface area contributed by atoms with Crippen molar-refractivity contribution < 1.29 is 13.2 Å². The lowest BCUT2D eigenvalue weighted by molar-refractivity contribution is -0.121. The molecule has 0 spiro atoms. The van der Waals surface area contributed by atoms with Crippen LogP contribution in [0.1, 0.15) is 24.7 Å². The van der Waals surface area contributed by atoms with Crippen molar-refractivity contribution in [2.24, 2.45) is 0 Å². The summed E-state index contributed by atoms with van der Waals surface area (Å²) in [5.74, 6) is 1.39. The van der Waals surface area contributed by atoms with Crippen LogP contribution < -0.4 is 10.0 Å². The van der Waals surface area contributed by atoms with Gasteiger partial charge < -0.3 is 10.3 Å². The first-order chi connectivity index (χ1) is 11.4. The SMILES string of the molecule is CSCC[C@H](NC(=O)CCNS(C)(=O)=O)c1nc2ccccc2[nH]1. The van der Waals surface area contributed by atoms with Crippen LogP contribution in [-0.4, -0.2) is 49.1 Å². The highest BCUT2D eigenvalue weighted by Gasteiger charge is 2.18. The molecular formula is C15H22N4O3S2. The van der Waals surface area contributed by atoms with Crippen molar-refractivity contribution in [3.05, 3.63) is 30.1 Å². The van der Waals surface area contributed by atoms with Crippen molar-refractivity contribution >= 4 is 38.7 Å². The van der Waals surface area contributed by atoms with E-state index in [4.69, 9.17) is 0 Å². The molecule has 0 unspecified atom stereocenters. The molecule has 2 aromatic rings. The van der Waals surface area contributed by atoms with E-state index in [-0.39, 0.29) is 24.9 Å². The first kappa shape index (κ1) is 18.8. The van der Waals surface area contributed by atoms with Crippen LogP contribution in [-0.2, 0) is 14.8 Å². The van der Waals surface area contributed by atoms with Crippen molar-refractivity contribution in [2.75, 3.05) is 24.8 Å². The van der Waals surface area contributed by atoms with Crippen LogP contribution in [0.25, 0.3) is 11.0 Å². The number of imidazole rings is 1. The minimum atomic E-state index is -3.28. The van der Waals surface area contributed by atoms with Crippen LogP contribution in [0.3, 0.4) is 0 Å². The lowest BCUT2D eigenvalue weighted by Crippen LogP contribution is -2.33. The average molecular weight is 371 g/mol. The van der Waals surface area contributed by atoms with E-state index in [1.165, 1.54) is 0 Å². The van der Waals surface area contributed by atoms with Crippen LogP contribution in [0.2, 0.25) is 0 Å². The number of hydrogen-bond donors (Lipinski definition) is 3. The number of hydrogen-bond acceptors (Lipinski definition) is 5. The average Bonchev–Trinajstić information content (AvgIpc) is 2.94. The second kappa shape index (κ2) is 8.50. The quantitative estimate of drug-likeness (QED) is 0.619. The number of para-hydroxylation sites is 2. The highest BCUT2D eigenvalue weighted by atomic mass is 32.2. The summed E-state index contributed by atoms with van der Waals surface area (Å²) in [7, 11) is -3.28. The van der Waals surface area contributed by atoms with Gasteiger partial charge in [-0.05, 0) is 30.6 Å². The first-order valence-electron chi connectivity index (χ1n) is 7.56. The number of sulfonamides is 1. The molecule has 0 aliphatic carbocycles. The van der Waals surface area contributed by atoms with E-state index < -0.39 is 10.0 Å². The molecule has 0 bridgehead atoms. The van der Waals surface area contributed by atoms with E-state index in [0.717, 1.165) is 35.3 Å². The molecule has 3 N–H and O–H groups in total. The number of thioether (sulfide) groups is 1. The highest BCUT2D eigenvalue weighted by Crippen LogP contribution is 2.20. The fourth-order valence-corrected chi connectivity index (χ4v) is 3.21. The van der Waals surface area contributed by atoms with Crippen LogP contribution in [0.4, 0.5) is 0 Å². The molecule has 24 heavy (non-hydrogen) atoms. The third kappa shape index (κ3) is 5.81. The molecule has 2 rings (SSSR count). The normalized spacial score (nSPS) is 13.1. The third-order valence-electron chi connectivity index (χ3n) is 3.40. The molecule has 1 heterocycles. The van der Waals surface area contributed by atoms with E-state index in [1.807, 2.05) is 30.5 Å². The van der Waals surface area contributed by atoms with Crippen LogP contribution >= 0.6 is 11.8 Å². The summed E-state index contributed by atoms with van der Waals surface area (Å²) in [5.41, 5.74) is 1.78. The van der Waals surface area contributed by atoms with E-state index >= 15 is 0 Å². The Labute approximate surface area is 146 Å². The van der Waals surface area contributed by atoms with E-state index in [9.17, 15) is 13.2 Å². The number of carbonyl (C=O) groups excluding carboxylic acids is 1. The van der Waals surface area contributed by atoms with Crippen LogP contribution in [0.5, 0.6) is 0 Å². The molecule has 0 saturated carbocycles. The Kier molecular flexibility index (Phi) is 6.64. The Morgan fingerprint density at radius 2 is 2.12 bits per heavy atom. The molecular weight excluding hydrogens is 348 g/mol. The Morgan fingerprint density at radius 1 is 1.38 bits per heavy atom. The van der Waals surface area contributed by atoms with Gasteiger partial charge in [-0.3, -0.25) is 4.79 Å². The van der Waals surface area contributed by atoms with E-state index in [0.29, 0.717) is 0 Å². The number of rotatable bonds is 9. The van der Waals surface area contributed by atoms with Crippen molar-refractivity contribution in [1.29, 1.82) is 0 Å². The van der Waals surface area contributed by atoms with Crippen molar-refractivity contribution in [1.82, 2.24) is 20.0 Å². The highest BCUT2D eigenvalue weighted by molar-refractivity contribution is 7.98. The Morgan fingerprint density at radius 3 is 2.79 bits per heavy atom. The zero-order valence-electron chi connectivity index (χ0n) is 13.7. The van der Waals surface area contributed by atoms with Gasteiger partial charge in [0.2, 0.25) is 15.9 Å². The van der Waals surface area contributed by atoms with Gasteiger partial charge in [0.15, 0.2) is 0 Å². The summed E-state index contributed by atoms with van der Waals surface area (Å²) >= 11 is 1.70. The maximum absolute atomic E-state index is 12.1. The largest absolute Gasteiger partial charge is 0.346 e. The lowest BCUT2D eigenvalue weighted by Gasteiger charge is -2.16. The van der Waals surface area contributed by atoms with Gasteiger partial charge >= 0.3 is 0 Å². The van der Waals surface area contributed by atoms with Gasteiger partial charge in [0.1, 0.15) is 5.82 Å². The van der Waals surface area contributed by atoms with Crippen LogP contribution in [0.15, 0.2) is 24.3 Å². The molecule has 0 aliphatic heterocycles. The predicted octanol–water partition coefficient (Wildman–Crippen LogP) is 1.41. The molecule has 7 nitrogen and oxygen atoms in total. The number of fused-ring (bicyclic) bond motifs is 1. The maximum atomic E-state index is 12.1.